The molecule has 2 heterocycles. The second-order valence-corrected chi connectivity index (χ2v) is 9.86. The number of benzene rings is 2. The van der Waals surface area contributed by atoms with Crippen molar-refractivity contribution in [3.05, 3.63) is 58.7 Å². The van der Waals surface area contributed by atoms with E-state index in [2.05, 4.69) is 50.0 Å². The molecule has 1 amide bonds. The number of amides is 1. The summed E-state index contributed by atoms with van der Waals surface area (Å²) in [5.74, 6) is 1.68. The molecule has 7 heteroatoms. The van der Waals surface area contributed by atoms with Crippen LogP contribution in [0.25, 0.3) is 11.3 Å². The average Bonchev–Trinajstić information content (AvgIpc) is 2.91. The molecule has 172 valence electrons. The smallest absolute Gasteiger partial charge is 0.247 e. The van der Waals surface area contributed by atoms with Gasteiger partial charge in [-0.2, -0.15) is 4.98 Å². The molecule has 33 heavy (non-hydrogen) atoms. The highest BCUT2D eigenvalue weighted by Gasteiger charge is 2.35. The van der Waals surface area contributed by atoms with E-state index in [0.717, 1.165) is 45.7 Å². The van der Waals surface area contributed by atoms with Gasteiger partial charge in [-0.1, -0.05) is 62.4 Å². The maximum absolute atomic E-state index is 13.0. The molecule has 1 aromatic heterocycles. The topological polar surface area (TPSA) is 68.2 Å². The zero-order valence-corrected chi connectivity index (χ0v) is 20.9. The summed E-state index contributed by atoms with van der Waals surface area (Å²) in [5, 5.41) is 9.49. The van der Waals surface area contributed by atoms with Crippen molar-refractivity contribution in [3.63, 3.8) is 0 Å². The molecule has 3 aromatic rings. The minimum atomic E-state index is -0.657. The van der Waals surface area contributed by atoms with Crippen molar-refractivity contribution in [1.29, 1.82) is 0 Å². The molecule has 0 saturated heterocycles. The van der Waals surface area contributed by atoms with E-state index >= 15 is 0 Å². The maximum Gasteiger partial charge on any atom is 0.247 e. The fraction of sp³-hybridized carbons (Fsp3) is 0.385. The van der Waals surface area contributed by atoms with Crippen LogP contribution in [-0.2, 0) is 11.2 Å². The minimum absolute atomic E-state index is 0.111. The Labute approximate surface area is 199 Å². The predicted octanol–water partition coefficient (Wildman–Crippen LogP) is 5.91. The van der Waals surface area contributed by atoms with Gasteiger partial charge in [0.05, 0.1) is 5.69 Å². The molecular weight excluding hydrogens is 432 g/mol. The predicted molar refractivity (Wildman–Crippen MR) is 133 cm³/mol. The van der Waals surface area contributed by atoms with Gasteiger partial charge in [0.25, 0.3) is 0 Å². The van der Waals surface area contributed by atoms with E-state index in [4.69, 9.17) is 9.72 Å². The Kier molecular flexibility index (Phi) is 6.70. The number of nitrogens with zero attached hydrogens (tertiary/aromatic N) is 4. The first-order chi connectivity index (χ1) is 15.8. The minimum Gasteiger partial charge on any atom is -0.447 e. The van der Waals surface area contributed by atoms with E-state index in [0.29, 0.717) is 22.6 Å². The molecule has 0 aliphatic carbocycles. The highest BCUT2D eigenvalue weighted by molar-refractivity contribution is 7.99. The van der Waals surface area contributed by atoms with Gasteiger partial charge in [-0.25, -0.2) is 0 Å². The first-order valence-electron chi connectivity index (χ1n) is 11.3. The van der Waals surface area contributed by atoms with E-state index in [1.807, 2.05) is 31.2 Å². The van der Waals surface area contributed by atoms with Crippen molar-refractivity contribution in [2.24, 2.45) is 5.92 Å². The fourth-order valence-corrected chi connectivity index (χ4v) is 4.71. The summed E-state index contributed by atoms with van der Waals surface area (Å²) in [6.07, 6.45) is 0.211. The van der Waals surface area contributed by atoms with Crippen LogP contribution in [0.4, 0.5) is 5.69 Å². The molecule has 0 spiro atoms. The van der Waals surface area contributed by atoms with Gasteiger partial charge in [-0.3, -0.25) is 9.69 Å². The van der Waals surface area contributed by atoms with E-state index in [1.165, 1.54) is 0 Å². The number of rotatable bonds is 5. The number of thioether (sulfide) groups is 1. The molecule has 0 unspecified atom stereocenters. The quantitative estimate of drug-likeness (QED) is 0.439. The lowest BCUT2D eigenvalue weighted by atomic mass is 10.0. The number of anilines is 1. The molecule has 0 fully saturated rings. The molecule has 0 radical (unpaired) electrons. The number of aromatic nitrogens is 3. The van der Waals surface area contributed by atoms with Gasteiger partial charge in [0, 0.05) is 23.8 Å². The Hall–Kier alpha value is -2.93. The third-order valence-electron chi connectivity index (χ3n) is 5.65. The van der Waals surface area contributed by atoms with Gasteiger partial charge in [0.2, 0.25) is 23.2 Å². The Morgan fingerprint density at radius 1 is 1.15 bits per heavy atom. The summed E-state index contributed by atoms with van der Waals surface area (Å²) >= 11 is 1.56. The monoisotopic (exact) mass is 462 g/mol. The van der Waals surface area contributed by atoms with E-state index < -0.39 is 6.23 Å². The second-order valence-electron chi connectivity index (χ2n) is 8.88. The SMILES string of the molecule is CCc1ccc2c(c1)-c1nnc(SCC(C)C)nc1O[C@H](c1ccc(C)cc1C)N2C(C)=O. The van der Waals surface area contributed by atoms with Gasteiger partial charge >= 0.3 is 0 Å². The molecule has 2 aromatic carbocycles. The molecule has 1 aliphatic rings. The number of aryl methyl sites for hydroxylation is 3. The largest absolute Gasteiger partial charge is 0.447 e. The van der Waals surface area contributed by atoms with E-state index in [9.17, 15) is 4.79 Å². The number of carbonyl (C=O) groups is 1. The van der Waals surface area contributed by atoms with Crippen LogP contribution < -0.4 is 9.64 Å². The molecule has 0 saturated carbocycles. The zero-order chi connectivity index (χ0) is 23.7. The Bertz CT molecular complexity index is 1190. The standard InChI is InChI=1S/C26H30N4O2S/c1-7-19-9-11-22-21(13-19)23-24(27-26(29-28-23)33-14-15(2)3)32-25(30(22)18(6)31)20-10-8-16(4)12-17(20)5/h8-13,15,25H,7,14H2,1-6H3/t25-/m1/s1. The van der Waals surface area contributed by atoms with Crippen molar-refractivity contribution in [3.8, 4) is 17.1 Å². The highest BCUT2D eigenvalue weighted by atomic mass is 32.2. The Morgan fingerprint density at radius 2 is 1.94 bits per heavy atom. The van der Waals surface area contributed by atoms with Crippen molar-refractivity contribution in [2.45, 2.75) is 59.3 Å². The van der Waals surface area contributed by atoms with Crippen LogP contribution in [0.3, 0.4) is 0 Å². The van der Waals surface area contributed by atoms with Crippen molar-refractivity contribution < 1.29 is 9.53 Å². The summed E-state index contributed by atoms with van der Waals surface area (Å²) in [6, 6.07) is 12.3. The molecule has 4 rings (SSSR count). The Balaban J connectivity index is 1.93. The van der Waals surface area contributed by atoms with Gasteiger partial charge in [-0.15, -0.1) is 10.2 Å². The molecule has 1 aliphatic heterocycles. The van der Waals surface area contributed by atoms with Crippen LogP contribution >= 0.6 is 11.8 Å². The van der Waals surface area contributed by atoms with Gasteiger partial charge in [0.15, 0.2) is 5.69 Å². The summed E-state index contributed by atoms with van der Waals surface area (Å²) in [4.78, 5) is 19.5. The first kappa shape index (κ1) is 23.2. The lowest BCUT2D eigenvalue weighted by Crippen LogP contribution is -2.36. The number of hydrogen-bond acceptors (Lipinski definition) is 6. The lowest BCUT2D eigenvalue weighted by molar-refractivity contribution is -0.118. The molecule has 0 N–H and O–H groups in total. The third kappa shape index (κ3) is 4.74. The molecule has 0 bridgehead atoms. The van der Waals surface area contributed by atoms with Crippen LogP contribution in [0.1, 0.15) is 56.2 Å². The Morgan fingerprint density at radius 3 is 2.61 bits per heavy atom. The summed E-state index contributed by atoms with van der Waals surface area (Å²) in [5.41, 5.74) is 6.40. The summed E-state index contributed by atoms with van der Waals surface area (Å²) in [7, 11) is 0. The molecule has 6 nitrogen and oxygen atoms in total. The summed E-state index contributed by atoms with van der Waals surface area (Å²) in [6.45, 7) is 12.1. The van der Waals surface area contributed by atoms with Gasteiger partial charge in [0.1, 0.15) is 0 Å². The van der Waals surface area contributed by atoms with Crippen LogP contribution in [0.2, 0.25) is 0 Å². The molecule has 1 atom stereocenters. The van der Waals surface area contributed by atoms with Crippen molar-refractivity contribution in [1.82, 2.24) is 15.2 Å². The highest BCUT2D eigenvalue weighted by Crippen LogP contribution is 2.44. The lowest BCUT2D eigenvalue weighted by Gasteiger charge is -2.31. The summed E-state index contributed by atoms with van der Waals surface area (Å²) < 4.78 is 6.52. The van der Waals surface area contributed by atoms with Crippen LogP contribution in [0, 0.1) is 19.8 Å². The normalized spacial score (nSPS) is 15.0. The van der Waals surface area contributed by atoms with Crippen LogP contribution in [0.15, 0.2) is 41.6 Å². The number of ether oxygens (including phenoxy) is 1. The number of fused-ring (bicyclic) bond motifs is 3. The third-order valence-corrected chi connectivity index (χ3v) is 6.92. The van der Waals surface area contributed by atoms with Crippen molar-refractivity contribution in [2.75, 3.05) is 10.7 Å². The maximum atomic E-state index is 13.0. The number of carbonyl (C=O) groups excluding carboxylic acids is 1. The zero-order valence-electron chi connectivity index (χ0n) is 20.0. The van der Waals surface area contributed by atoms with Gasteiger partial charge in [-0.05, 0) is 49.4 Å². The van der Waals surface area contributed by atoms with Crippen LogP contribution in [-0.4, -0.2) is 26.8 Å². The van der Waals surface area contributed by atoms with Crippen LogP contribution in [0.5, 0.6) is 5.88 Å². The van der Waals surface area contributed by atoms with Gasteiger partial charge < -0.3 is 4.74 Å². The average molecular weight is 463 g/mol. The van der Waals surface area contributed by atoms with E-state index in [-0.39, 0.29) is 5.91 Å². The number of hydrogen-bond donors (Lipinski definition) is 0. The van der Waals surface area contributed by atoms with E-state index in [1.54, 1.807) is 23.6 Å². The second kappa shape index (κ2) is 9.51. The van der Waals surface area contributed by atoms with Crippen molar-refractivity contribution >= 4 is 23.4 Å². The molecular formula is C26H30N4O2S. The first-order valence-corrected chi connectivity index (χ1v) is 12.3. The fourth-order valence-electron chi connectivity index (χ4n) is 3.98.